The van der Waals surface area contributed by atoms with Crippen LogP contribution in [-0.2, 0) is 30.2 Å². The summed E-state index contributed by atoms with van der Waals surface area (Å²) in [5.41, 5.74) is 0.558. The number of hydrogen-bond donors (Lipinski definition) is 2. The van der Waals surface area contributed by atoms with Crippen LogP contribution < -0.4 is 19.7 Å². The second-order valence-electron chi connectivity index (χ2n) is 12.5. The van der Waals surface area contributed by atoms with Crippen LogP contribution in [0.4, 0.5) is 10.5 Å². The van der Waals surface area contributed by atoms with E-state index in [1.165, 1.54) is 59.6 Å². The normalized spacial score (nSPS) is 12.8. The molecule has 0 saturated carbocycles. The Morgan fingerprint density at radius 2 is 1.34 bits per heavy atom. The van der Waals surface area contributed by atoms with E-state index in [2.05, 4.69) is 10.6 Å². The van der Waals surface area contributed by atoms with Crippen molar-refractivity contribution in [1.82, 2.24) is 10.6 Å². The summed E-state index contributed by atoms with van der Waals surface area (Å²) in [6, 6.07) is 26.4. The Kier molecular flexibility index (Phi) is 17.0. The second kappa shape index (κ2) is 21.6. The van der Waals surface area contributed by atoms with Gasteiger partial charge in [0, 0.05) is 27.5 Å². The Morgan fingerprint density at radius 3 is 1.82 bits per heavy atom. The molecule has 0 aliphatic heterocycles. The number of ether oxygens (including phenoxy) is 2. The number of alkyl carbamates (subject to hydrolysis) is 1. The van der Waals surface area contributed by atoms with Crippen LogP contribution in [0.5, 0.6) is 11.5 Å². The van der Waals surface area contributed by atoms with Gasteiger partial charge in [-0.25, -0.2) is 14.2 Å². The van der Waals surface area contributed by atoms with Crippen molar-refractivity contribution >= 4 is 66.5 Å². The predicted octanol–water partition coefficient (Wildman–Crippen LogP) is 9.12. The number of non-ortho nitro benzene ring substituents is 1. The highest BCUT2D eigenvalue weighted by atomic mass is 32.2. The van der Waals surface area contributed by atoms with E-state index in [4.69, 9.17) is 18.5 Å². The standard InChI is InChI=1S/C39H44N3O10PS3/c1-26(2)37(53(48,51-30-15-19-32(55-4)20-16-30)52-31-17-21-33(56-5)22-18-31)41-36(43)35(28-11-13-29(14-12-28)42(46)47)50-38(44)34(23-24-54-3)40-39(45)49-25-27-9-7-6-8-10-27/h6-22,26,34-35,37H,23-25H2,1-5H3,(H,40,45)(H,41,43)/t34-,35-,37-/m0/s1. The number of nitro groups is 1. The van der Waals surface area contributed by atoms with Gasteiger partial charge >= 0.3 is 19.7 Å². The summed E-state index contributed by atoms with van der Waals surface area (Å²) in [4.78, 5) is 53.8. The summed E-state index contributed by atoms with van der Waals surface area (Å²) in [5, 5.41) is 16.8. The number of nitrogens with one attached hydrogen (secondary N) is 2. The quantitative estimate of drug-likeness (QED) is 0.0284. The average molecular weight is 842 g/mol. The van der Waals surface area contributed by atoms with Crippen molar-refractivity contribution in [3.8, 4) is 11.5 Å². The van der Waals surface area contributed by atoms with Crippen molar-refractivity contribution in [3.05, 3.63) is 124 Å². The first-order valence-electron chi connectivity index (χ1n) is 17.3. The third-order valence-electron chi connectivity index (χ3n) is 8.13. The lowest BCUT2D eigenvalue weighted by Crippen LogP contribution is -2.46. The smallest absolute Gasteiger partial charge is 0.446 e. The highest BCUT2D eigenvalue weighted by molar-refractivity contribution is 7.99. The second-order valence-corrected chi connectivity index (χ2v) is 17.2. The fraction of sp³-hybridized carbons (Fsp3) is 0.308. The first-order valence-corrected chi connectivity index (χ1v) is 22.8. The first-order chi connectivity index (χ1) is 26.8. The summed E-state index contributed by atoms with van der Waals surface area (Å²) >= 11 is 4.46. The van der Waals surface area contributed by atoms with Crippen molar-refractivity contribution in [2.75, 3.05) is 24.5 Å². The molecule has 4 rings (SSSR count). The summed E-state index contributed by atoms with van der Waals surface area (Å²) < 4.78 is 38.5. The molecule has 0 aliphatic carbocycles. The van der Waals surface area contributed by atoms with Gasteiger partial charge in [0.25, 0.3) is 11.6 Å². The van der Waals surface area contributed by atoms with E-state index in [1.54, 1.807) is 86.6 Å². The SMILES string of the molecule is CSCC[C@H](NC(=O)OCc1ccccc1)C(=O)O[C@H](C(=O)N[C@H](C(C)C)P(=O)(Oc1ccc(SC)cc1)Oc1ccc(SC)cc1)c1ccc([N+](=O)[O-])cc1. The number of hydrogen-bond acceptors (Lipinski definition) is 13. The van der Waals surface area contributed by atoms with E-state index in [-0.39, 0.29) is 35.8 Å². The summed E-state index contributed by atoms with van der Waals surface area (Å²) in [5.74, 6) is -2.84. The Bertz CT molecular complexity index is 1900. The largest absolute Gasteiger partial charge is 0.453 e. The van der Waals surface area contributed by atoms with E-state index in [0.717, 1.165) is 15.4 Å². The van der Waals surface area contributed by atoms with Gasteiger partial charge in [0.15, 0.2) is 5.78 Å². The molecular weight excluding hydrogens is 798 g/mol. The summed E-state index contributed by atoms with van der Waals surface area (Å²) in [7, 11) is -4.35. The van der Waals surface area contributed by atoms with E-state index in [9.17, 15) is 24.5 Å². The number of esters is 1. The third-order valence-corrected chi connectivity index (χ3v) is 12.6. The number of benzene rings is 4. The summed E-state index contributed by atoms with van der Waals surface area (Å²) in [6.07, 6.45) is 3.20. The molecule has 2 amide bonds. The molecule has 4 aromatic carbocycles. The molecule has 4 aromatic rings. The maximum Gasteiger partial charge on any atom is 0.453 e. The molecule has 0 saturated heterocycles. The van der Waals surface area contributed by atoms with Crippen LogP contribution in [0.3, 0.4) is 0 Å². The van der Waals surface area contributed by atoms with Crippen molar-refractivity contribution in [3.63, 3.8) is 0 Å². The Labute approximate surface area is 339 Å². The van der Waals surface area contributed by atoms with Gasteiger partial charge in [-0.2, -0.15) is 11.8 Å². The molecule has 0 spiro atoms. The molecule has 0 radical (unpaired) electrons. The first kappa shape index (κ1) is 44.1. The zero-order valence-corrected chi connectivity index (χ0v) is 34.8. The molecule has 17 heteroatoms. The number of nitro benzene ring substituents is 1. The molecule has 0 unspecified atom stereocenters. The maximum absolute atomic E-state index is 15.0. The van der Waals surface area contributed by atoms with Crippen molar-refractivity contribution in [2.45, 2.75) is 54.6 Å². The molecular formula is C39H44N3O10PS3. The Balaban J connectivity index is 1.66. The Morgan fingerprint density at radius 1 is 0.786 bits per heavy atom. The minimum atomic E-state index is -4.35. The van der Waals surface area contributed by atoms with Crippen molar-refractivity contribution in [1.29, 1.82) is 0 Å². The highest BCUT2D eigenvalue weighted by Crippen LogP contribution is 2.54. The number of carbonyl (C=O) groups excluding carboxylic acids is 3. The lowest BCUT2D eigenvalue weighted by atomic mass is 10.1. The molecule has 3 atom stereocenters. The lowest BCUT2D eigenvalue weighted by molar-refractivity contribution is -0.384. The van der Waals surface area contributed by atoms with Gasteiger partial charge in [-0.1, -0.05) is 44.2 Å². The highest BCUT2D eigenvalue weighted by Gasteiger charge is 2.44. The van der Waals surface area contributed by atoms with Crippen LogP contribution in [0.2, 0.25) is 0 Å². The molecule has 0 bridgehead atoms. The number of thioether (sulfide) groups is 3. The third kappa shape index (κ3) is 13.0. The maximum atomic E-state index is 15.0. The molecule has 2 N–H and O–H groups in total. The Hall–Kier alpha value is -4.63. The number of amides is 2. The topological polar surface area (TPSA) is 172 Å². The van der Waals surface area contributed by atoms with Crippen molar-refractivity contribution in [2.24, 2.45) is 5.92 Å². The van der Waals surface area contributed by atoms with Gasteiger partial charge in [0.1, 0.15) is 24.1 Å². The van der Waals surface area contributed by atoms with E-state index >= 15 is 4.57 Å². The van der Waals surface area contributed by atoms with Crippen LogP contribution >= 0.6 is 42.9 Å². The predicted molar refractivity (Wildman–Crippen MR) is 221 cm³/mol. The molecule has 0 aromatic heterocycles. The molecule has 298 valence electrons. The van der Waals surface area contributed by atoms with Gasteiger partial charge in [-0.05, 0) is 103 Å². The fourth-order valence-corrected chi connectivity index (χ4v) is 8.56. The molecule has 0 heterocycles. The number of carbonyl (C=O) groups is 3. The van der Waals surface area contributed by atoms with Crippen LogP contribution in [0.25, 0.3) is 0 Å². The van der Waals surface area contributed by atoms with Crippen LogP contribution in [0.1, 0.15) is 37.5 Å². The van der Waals surface area contributed by atoms with Crippen LogP contribution in [-0.4, -0.2) is 59.2 Å². The molecule has 0 fully saturated rings. The molecule has 56 heavy (non-hydrogen) atoms. The zero-order valence-electron chi connectivity index (χ0n) is 31.4. The van der Waals surface area contributed by atoms with Crippen LogP contribution in [0.15, 0.2) is 113 Å². The lowest BCUT2D eigenvalue weighted by Gasteiger charge is -2.32. The van der Waals surface area contributed by atoms with Gasteiger partial charge in [0.05, 0.1) is 4.92 Å². The van der Waals surface area contributed by atoms with Gasteiger partial charge in [0.2, 0.25) is 6.10 Å². The average Bonchev–Trinajstić information content (AvgIpc) is 3.20. The van der Waals surface area contributed by atoms with Gasteiger partial charge < -0.3 is 29.2 Å². The van der Waals surface area contributed by atoms with Gasteiger partial charge in [-0.3, -0.25) is 14.9 Å². The van der Waals surface area contributed by atoms with E-state index < -0.39 is 54.3 Å². The van der Waals surface area contributed by atoms with E-state index in [1.807, 2.05) is 24.8 Å². The number of rotatable bonds is 20. The molecule has 0 aliphatic rings. The fourth-order valence-electron chi connectivity index (χ4n) is 5.17. The minimum absolute atomic E-state index is 0.0466. The van der Waals surface area contributed by atoms with Gasteiger partial charge in [-0.15, -0.1) is 23.5 Å². The monoisotopic (exact) mass is 841 g/mol. The van der Waals surface area contributed by atoms with Crippen LogP contribution in [0, 0.1) is 16.0 Å². The summed E-state index contributed by atoms with van der Waals surface area (Å²) in [6.45, 7) is 3.39. The zero-order chi connectivity index (χ0) is 40.7. The van der Waals surface area contributed by atoms with Crippen molar-refractivity contribution < 1.29 is 42.4 Å². The van der Waals surface area contributed by atoms with E-state index in [0.29, 0.717) is 5.75 Å². The molecule has 13 nitrogen and oxygen atoms in total. The number of nitrogens with zero attached hydrogens (tertiary/aromatic N) is 1. The minimum Gasteiger partial charge on any atom is -0.446 e.